The van der Waals surface area contributed by atoms with Gasteiger partial charge in [-0.05, 0) is 43.5 Å². The van der Waals surface area contributed by atoms with E-state index in [1.165, 1.54) is 0 Å². The molecule has 4 rings (SSSR count). The van der Waals surface area contributed by atoms with Crippen molar-refractivity contribution in [2.45, 2.75) is 19.8 Å². The summed E-state index contributed by atoms with van der Waals surface area (Å²) in [5.74, 6) is 2.27. The second-order valence-electron chi connectivity index (χ2n) is 5.84. The lowest BCUT2D eigenvalue weighted by atomic mass is 9.84. The smallest absolute Gasteiger partial charge is 0.203 e. The maximum atomic E-state index is 12.5. The zero-order chi connectivity index (χ0) is 16.4. The molecule has 0 aromatic heterocycles. The van der Waals surface area contributed by atoms with Gasteiger partial charge in [0, 0.05) is 19.0 Å². The number of piperidine rings is 3. The molecule has 1 aromatic carbocycles. The van der Waals surface area contributed by atoms with Crippen LogP contribution in [-0.4, -0.2) is 44.6 Å². The van der Waals surface area contributed by atoms with E-state index < -0.39 is 0 Å². The van der Waals surface area contributed by atoms with Gasteiger partial charge in [-0.15, -0.1) is 0 Å². The molecule has 0 atom stereocenters. The van der Waals surface area contributed by atoms with E-state index in [-0.39, 0.29) is 11.7 Å². The Hall–Kier alpha value is -2.17. The molecule has 5 heteroatoms. The summed E-state index contributed by atoms with van der Waals surface area (Å²) in [6.45, 7) is 4.38. The Bertz CT molecular complexity index is 605. The van der Waals surface area contributed by atoms with Gasteiger partial charge in [-0.2, -0.15) is 0 Å². The summed E-state index contributed by atoms with van der Waals surface area (Å²) in [6, 6.07) is 3.77. The fourth-order valence-electron chi connectivity index (χ4n) is 3.34. The number of carbonyl (C=O) groups excluding carboxylic acids is 1. The molecular weight excluding hydrogens is 294 g/mol. The van der Waals surface area contributed by atoms with E-state index in [9.17, 15) is 4.79 Å². The van der Waals surface area contributed by atoms with Crippen LogP contribution >= 0.6 is 0 Å². The summed E-state index contributed by atoms with van der Waals surface area (Å²) in [5.41, 5.74) is 1.69. The van der Waals surface area contributed by atoms with E-state index in [2.05, 4.69) is 4.90 Å². The van der Waals surface area contributed by atoms with Gasteiger partial charge in [0.1, 0.15) is 0 Å². The van der Waals surface area contributed by atoms with Gasteiger partial charge in [0.05, 0.1) is 26.5 Å². The van der Waals surface area contributed by atoms with Crippen LogP contribution in [0.4, 0.5) is 0 Å². The number of allylic oxidation sites excluding steroid dienone is 1. The van der Waals surface area contributed by atoms with Gasteiger partial charge in [-0.1, -0.05) is 0 Å². The molecule has 0 amide bonds. The lowest BCUT2D eigenvalue weighted by Gasteiger charge is -2.41. The molecule has 3 fully saturated rings. The minimum atomic E-state index is 0.192. The Morgan fingerprint density at radius 3 is 2.26 bits per heavy atom. The number of ketones is 1. The second kappa shape index (κ2) is 6.52. The fraction of sp³-hybridized carbons (Fsp3) is 0.500. The van der Waals surface area contributed by atoms with Crippen molar-refractivity contribution in [3.05, 3.63) is 23.4 Å². The van der Waals surface area contributed by atoms with Crippen LogP contribution in [0.25, 0.3) is 6.08 Å². The van der Waals surface area contributed by atoms with E-state index in [0.717, 1.165) is 37.2 Å². The van der Waals surface area contributed by atoms with Crippen molar-refractivity contribution < 1.29 is 19.0 Å². The average Bonchev–Trinajstić information content (AvgIpc) is 2.59. The van der Waals surface area contributed by atoms with Gasteiger partial charge in [0.25, 0.3) is 0 Å². The Morgan fingerprint density at radius 2 is 1.78 bits per heavy atom. The van der Waals surface area contributed by atoms with E-state index >= 15 is 0 Å². The monoisotopic (exact) mass is 317 g/mol. The molecule has 0 N–H and O–H groups in total. The van der Waals surface area contributed by atoms with Gasteiger partial charge in [0.15, 0.2) is 17.3 Å². The third-order valence-corrected chi connectivity index (χ3v) is 4.53. The minimum Gasteiger partial charge on any atom is -0.493 e. The zero-order valence-electron chi connectivity index (χ0n) is 13.9. The van der Waals surface area contributed by atoms with Crippen molar-refractivity contribution in [1.29, 1.82) is 0 Å². The predicted octanol–water partition coefficient (Wildman–Crippen LogP) is 2.74. The van der Waals surface area contributed by atoms with Gasteiger partial charge in [-0.25, -0.2) is 0 Å². The number of carbonyl (C=O) groups is 1. The summed E-state index contributed by atoms with van der Waals surface area (Å²) in [6.07, 6.45) is 3.90. The third-order valence-electron chi connectivity index (χ3n) is 4.53. The van der Waals surface area contributed by atoms with Gasteiger partial charge < -0.3 is 19.1 Å². The molecule has 0 saturated carbocycles. The molecule has 1 aromatic rings. The van der Waals surface area contributed by atoms with E-state index in [4.69, 9.17) is 14.2 Å². The molecule has 0 aliphatic carbocycles. The second-order valence-corrected chi connectivity index (χ2v) is 5.84. The number of rotatable bonds is 5. The maximum Gasteiger partial charge on any atom is 0.203 e. The van der Waals surface area contributed by atoms with Crippen LogP contribution in [0, 0.1) is 5.92 Å². The number of nitrogens with zero attached hydrogens (tertiary/aromatic N) is 1. The molecule has 3 aliphatic rings. The molecule has 124 valence electrons. The number of fused-ring (bicyclic) bond motifs is 3. The SMILES string of the molecule is CCOc1c(OC)cc(/C=C2/C(=O)C3CCN2CC3)cc1OC. The van der Waals surface area contributed by atoms with E-state index in [1.807, 2.05) is 25.1 Å². The van der Waals surface area contributed by atoms with E-state index in [1.54, 1.807) is 14.2 Å². The van der Waals surface area contributed by atoms with Gasteiger partial charge in [-0.3, -0.25) is 4.79 Å². The molecular formula is C18H23NO4. The zero-order valence-corrected chi connectivity index (χ0v) is 13.9. The quantitative estimate of drug-likeness (QED) is 0.782. The highest BCUT2D eigenvalue weighted by Gasteiger charge is 2.36. The molecule has 3 heterocycles. The molecule has 3 saturated heterocycles. The Morgan fingerprint density at radius 1 is 1.17 bits per heavy atom. The van der Waals surface area contributed by atoms with Crippen LogP contribution in [0.1, 0.15) is 25.3 Å². The number of ether oxygens (including phenoxy) is 3. The van der Waals surface area contributed by atoms with Gasteiger partial charge in [0.2, 0.25) is 5.75 Å². The van der Waals surface area contributed by atoms with Crippen molar-refractivity contribution in [3.63, 3.8) is 0 Å². The average molecular weight is 317 g/mol. The summed E-state index contributed by atoms with van der Waals surface area (Å²) in [7, 11) is 3.21. The van der Waals surface area contributed by atoms with Crippen LogP contribution in [0.2, 0.25) is 0 Å². The molecule has 5 nitrogen and oxygen atoms in total. The topological polar surface area (TPSA) is 48.0 Å². The summed E-state index contributed by atoms with van der Waals surface area (Å²) in [4.78, 5) is 14.7. The number of benzene rings is 1. The first-order valence-corrected chi connectivity index (χ1v) is 8.07. The van der Waals surface area contributed by atoms with Crippen LogP contribution in [-0.2, 0) is 4.79 Å². The highest BCUT2D eigenvalue weighted by Crippen LogP contribution is 2.40. The summed E-state index contributed by atoms with van der Waals surface area (Å²) < 4.78 is 16.5. The Balaban J connectivity index is 2.00. The van der Waals surface area contributed by atoms with Gasteiger partial charge >= 0.3 is 0 Å². The lowest BCUT2D eigenvalue weighted by Crippen LogP contribution is -2.45. The first-order valence-electron chi connectivity index (χ1n) is 8.07. The summed E-state index contributed by atoms with van der Waals surface area (Å²) in [5, 5.41) is 0. The van der Waals surface area contributed by atoms with Crippen molar-refractivity contribution in [1.82, 2.24) is 4.90 Å². The molecule has 0 unspecified atom stereocenters. The number of methoxy groups -OCH3 is 2. The highest BCUT2D eigenvalue weighted by molar-refractivity contribution is 6.02. The Labute approximate surface area is 136 Å². The number of Topliss-reactive ketones (excluding diaryl/α,β-unsaturated/α-hetero) is 1. The van der Waals surface area contributed by atoms with Crippen LogP contribution < -0.4 is 14.2 Å². The molecule has 0 spiro atoms. The summed E-state index contributed by atoms with van der Waals surface area (Å²) >= 11 is 0. The molecule has 23 heavy (non-hydrogen) atoms. The molecule has 2 bridgehead atoms. The Kier molecular flexibility index (Phi) is 4.46. The van der Waals surface area contributed by atoms with Crippen molar-refractivity contribution in [2.75, 3.05) is 33.9 Å². The van der Waals surface area contributed by atoms with Crippen molar-refractivity contribution >= 4 is 11.9 Å². The standard InChI is InChI=1S/C18H23NO4/c1-4-23-18-15(21-2)10-12(11-16(18)22-3)9-14-17(20)13-5-7-19(14)8-6-13/h9-11,13H,4-8H2,1-3H3/b14-9-. The number of hydrogen-bond acceptors (Lipinski definition) is 5. The minimum absolute atomic E-state index is 0.192. The largest absolute Gasteiger partial charge is 0.493 e. The predicted molar refractivity (Wildman–Crippen MR) is 88.0 cm³/mol. The molecule has 3 aliphatic heterocycles. The van der Waals surface area contributed by atoms with Crippen LogP contribution in [0.3, 0.4) is 0 Å². The number of hydrogen-bond donors (Lipinski definition) is 0. The van der Waals surface area contributed by atoms with Crippen LogP contribution in [0.5, 0.6) is 17.2 Å². The first kappa shape index (κ1) is 15.7. The maximum absolute atomic E-state index is 12.5. The normalized spacial score (nSPS) is 19.3. The fourth-order valence-corrected chi connectivity index (χ4v) is 3.34. The molecule has 0 radical (unpaired) electrons. The first-order chi connectivity index (χ1) is 11.2. The van der Waals surface area contributed by atoms with Crippen molar-refractivity contribution in [3.8, 4) is 17.2 Å². The lowest BCUT2D eigenvalue weighted by molar-refractivity contribution is -0.125. The highest BCUT2D eigenvalue weighted by atomic mass is 16.5. The van der Waals surface area contributed by atoms with E-state index in [0.29, 0.717) is 23.9 Å². The van der Waals surface area contributed by atoms with Crippen molar-refractivity contribution in [2.24, 2.45) is 5.92 Å². The third kappa shape index (κ3) is 2.87. The van der Waals surface area contributed by atoms with Crippen LogP contribution in [0.15, 0.2) is 17.8 Å².